The van der Waals surface area contributed by atoms with Crippen molar-refractivity contribution in [2.24, 2.45) is 5.92 Å². The number of imide groups is 1. The van der Waals surface area contributed by atoms with E-state index in [4.69, 9.17) is 5.11 Å². The van der Waals surface area contributed by atoms with E-state index in [2.05, 4.69) is 29.2 Å². The lowest BCUT2D eigenvalue weighted by atomic mass is 9.89. The number of anilines is 1. The van der Waals surface area contributed by atoms with Gasteiger partial charge in [-0.1, -0.05) is 30.3 Å². The standard InChI is InChI=1S/C23H24N2O4.ClH/c26-21-15-20(22(27)25(21)19-8-6-18(7-9-19)23(28)29)24-12-10-17(11-13-24)14-16-4-2-1-3-5-16;/h1-9,17,20H,10-15H2,(H,28,29);1H. The van der Waals surface area contributed by atoms with E-state index in [9.17, 15) is 14.4 Å². The maximum absolute atomic E-state index is 13.0. The van der Waals surface area contributed by atoms with E-state index < -0.39 is 12.0 Å². The molecule has 1 atom stereocenters. The third kappa shape index (κ3) is 4.55. The zero-order valence-corrected chi connectivity index (χ0v) is 17.4. The Morgan fingerprint density at radius 2 is 1.60 bits per heavy atom. The Kier molecular flexibility index (Phi) is 6.90. The molecule has 2 aromatic rings. The van der Waals surface area contributed by atoms with Crippen LogP contribution >= 0.6 is 12.4 Å². The second kappa shape index (κ2) is 9.41. The number of piperidine rings is 1. The summed E-state index contributed by atoms with van der Waals surface area (Å²) in [6.07, 6.45) is 3.26. The molecule has 2 heterocycles. The number of hydrogen-bond acceptors (Lipinski definition) is 4. The van der Waals surface area contributed by atoms with E-state index in [0.29, 0.717) is 11.6 Å². The van der Waals surface area contributed by atoms with Crippen LogP contribution in [0.4, 0.5) is 5.69 Å². The number of nitrogens with zero attached hydrogens (tertiary/aromatic N) is 2. The van der Waals surface area contributed by atoms with Crippen LogP contribution in [0.2, 0.25) is 0 Å². The summed E-state index contributed by atoms with van der Waals surface area (Å²) in [6.45, 7) is 1.62. The fraction of sp³-hybridized carbons (Fsp3) is 0.348. The van der Waals surface area contributed by atoms with Gasteiger partial charge in [-0.15, -0.1) is 12.4 Å². The number of amides is 2. The fourth-order valence-electron chi connectivity index (χ4n) is 4.34. The van der Waals surface area contributed by atoms with Gasteiger partial charge in [-0.25, -0.2) is 9.69 Å². The highest BCUT2D eigenvalue weighted by atomic mass is 35.5. The molecule has 0 aromatic heterocycles. The number of rotatable bonds is 5. The summed E-state index contributed by atoms with van der Waals surface area (Å²) in [5, 5.41) is 9.02. The van der Waals surface area contributed by atoms with Crippen LogP contribution in [-0.2, 0) is 16.0 Å². The number of aromatic carboxylic acids is 1. The number of benzene rings is 2. The van der Waals surface area contributed by atoms with Crippen molar-refractivity contribution >= 4 is 35.9 Å². The van der Waals surface area contributed by atoms with E-state index in [0.717, 1.165) is 32.4 Å². The van der Waals surface area contributed by atoms with Gasteiger partial charge in [0.05, 0.1) is 23.7 Å². The molecule has 0 saturated carbocycles. The molecule has 1 N–H and O–H groups in total. The average Bonchev–Trinajstić information content (AvgIpc) is 3.03. The van der Waals surface area contributed by atoms with Gasteiger partial charge in [0.2, 0.25) is 5.91 Å². The molecule has 30 heavy (non-hydrogen) atoms. The second-order valence-corrected chi connectivity index (χ2v) is 7.81. The minimum atomic E-state index is -1.04. The van der Waals surface area contributed by atoms with E-state index in [1.54, 1.807) is 0 Å². The first-order valence-electron chi connectivity index (χ1n) is 10.0. The lowest BCUT2D eigenvalue weighted by Gasteiger charge is -2.34. The predicted octanol–water partition coefficient (Wildman–Crippen LogP) is 3.39. The summed E-state index contributed by atoms with van der Waals surface area (Å²) in [5.74, 6) is -0.874. The molecule has 2 aliphatic heterocycles. The molecule has 4 rings (SSSR count). The summed E-state index contributed by atoms with van der Waals surface area (Å²) >= 11 is 0. The number of carboxylic acid groups (broad SMARTS) is 1. The Balaban J connectivity index is 0.00000256. The third-order valence-corrected chi connectivity index (χ3v) is 5.95. The molecule has 1 unspecified atom stereocenters. The zero-order valence-electron chi connectivity index (χ0n) is 16.6. The minimum absolute atomic E-state index is 0. The summed E-state index contributed by atoms with van der Waals surface area (Å²) in [4.78, 5) is 39.8. The van der Waals surface area contributed by atoms with Crippen LogP contribution in [-0.4, -0.2) is 46.9 Å². The summed E-state index contributed by atoms with van der Waals surface area (Å²) < 4.78 is 0. The van der Waals surface area contributed by atoms with Gasteiger partial charge in [-0.05, 0) is 68.1 Å². The predicted molar refractivity (Wildman–Crippen MR) is 116 cm³/mol. The molecule has 2 aliphatic rings. The van der Waals surface area contributed by atoms with E-state index in [1.807, 2.05) is 6.07 Å². The third-order valence-electron chi connectivity index (χ3n) is 5.95. The molecule has 0 radical (unpaired) electrons. The molecule has 0 aliphatic carbocycles. The van der Waals surface area contributed by atoms with Crippen molar-refractivity contribution in [1.29, 1.82) is 0 Å². The summed E-state index contributed by atoms with van der Waals surface area (Å²) in [7, 11) is 0. The van der Waals surface area contributed by atoms with E-state index in [-0.39, 0.29) is 36.2 Å². The Bertz CT molecular complexity index is 909. The van der Waals surface area contributed by atoms with Gasteiger partial charge >= 0.3 is 5.97 Å². The molecule has 7 heteroatoms. The van der Waals surface area contributed by atoms with Gasteiger partial charge < -0.3 is 5.11 Å². The lowest BCUT2D eigenvalue weighted by Crippen LogP contribution is -2.46. The quantitative estimate of drug-likeness (QED) is 0.738. The molecule has 2 aromatic carbocycles. The van der Waals surface area contributed by atoms with Gasteiger partial charge in [0.1, 0.15) is 0 Å². The first kappa shape index (κ1) is 22.0. The normalized spacial score (nSPS) is 20.3. The van der Waals surface area contributed by atoms with Gasteiger partial charge in [0.25, 0.3) is 5.91 Å². The Morgan fingerprint density at radius 3 is 2.20 bits per heavy atom. The highest BCUT2D eigenvalue weighted by Crippen LogP contribution is 2.29. The number of halogens is 1. The first-order valence-corrected chi connectivity index (χ1v) is 10.0. The van der Waals surface area contributed by atoms with Crippen LogP contribution < -0.4 is 4.90 Å². The monoisotopic (exact) mass is 428 g/mol. The van der Waals surface area contributed by atoms with Crippen LogP contribution in [0.1, 0.15) is 35.2 Å². The Morgan fingerprint density at radius 1 is 0.967 bits per heavy atom. The maximum Gasteiger partial charge on any atom is 0.335 e. The van der Waals surface area contributed by atoms with Crippen molar-refractivity contribution in [3.63, 3.8) is 0 Å². The van der Waals surface area contributed by atoms with Crippen molar-refractivity contribution in [2.75, 3.05) is 18.0 Å². The zero-order chi connectivity index (χ0) is 20.4. The van der Waals surface area contributed by atoms with Gasteiger partial charge in [0.15, 0.2) is 0 Å². The SMILES string of the molecule is Cl.O=C(O)c1ccc(N2C(=O)CC(N3CCC(Cc4ccccc4)CC3)C2=O)cc1. The number of hydrogen-bond donors (Lipinski definition) is 1. The smallest absolute Gasteiger partial charge is 0.335 e. The average molecular weight is 429 g/mol. The number of carbonyl (C=O) groups excluding carboxylic acids is 2. The van der Waals surface area contributed by atoms with Gasteiger partial charge in [0, 0.05) is 0 Å². The fourth-order valence-corrected chi connectivity index (χ4v) is 4.34. The highest BCUT2D eigenvalue weighted by molar-refractivity contribution is 6.22. The summed E-state index contributed by atoms with van der Waals surface area (Å²) in [5.41, 5.74) is 1.91. The molecular weight excluding hydrogens is 404 g/mol. The first-order chi connectivity index (χ1) is 14.0. The van der Waals surface area contributed by atoms with Crippen LogP contribution in [0.3, 0.4) is 0 Å². The Hall–Kier alpha value is -2.70. The molecule has 0 bridgehead atoms. The van der Waals surface area contributed by atoms with Crippen molar-refractivity contribution in [3.8, 4) is 0 Å². The molecule has 2 saturated heterocycles. The largest absolute Gasteiger partial charge is 0.478 e. The molecule has 158 valence electrons. The number of likely N-dealkylation sites (tertiary alicyclic amines) is 1. The van der Waals surface area contributed by atoms with Crippen molar-refractivity contribution in [2.45, 2.75) is 31.7 Å². The van der Waals surface area contributed by atoms with Crippen molar-refractivity contribution in [3.05, 3.63) is 65.7 Å². The Labute approximate surface area is 181 Å². The molecular formula is C23H25ClN2O4. The highest BCUT2D eigenvalue weighted by Gasteiger charge is 2.43. The molecule has 6 nitrogen and oxygen atoms in total. The van der Waals surface area contributed by atoms with E-state index in [1.165, 1.54) is 34.7 Å². The minimum Gasteiger partial charge on any atom is -0.478 e. The maximum atomic E-state index is 13.0. The van der Waals surface area contributed by atoms with Gasteiger partial charge in [-0.2, -0.15) is 0 Å². The second-order valence-electron chi connectivity index (χ2n) is 7.81. The number of carboxylic acids is 1. The topological polar surface area (TPSA) is 77.9 Å². The number of carbonyl (C=O) groups is 3. The summed E-state index contributed by atoms with van der Waals surface area (Å²) in [6, 6.07) is 15.9. The van der Waals surface area contributed by atoms with Crippen LogP contribution in [0.15, 0.2) is 54.6 Å². The molecule has 0 spiro atoms. The lowest BCUT2D eigenvalue weighted by molar-refractivity contribution is -0.123. The van der Waals surface area contributed by atoms with Crippen molar-refractivity contribution in [1.82, 2.24) is 4.90 Å². The molecule has 2 fully saturated rings. The molecule has 2 amide bonds. The van der Waals surface area contributed by atoms with E-state index >= 15 is 0 Å². The van der Waals surface area contributed by atoms with Crippen LogP contribution in [0.25, 0.3) is 0 Å². The van der Waals surface area contributed by atoms with Crippen molar-refractivity contribution < 1.29 is 19.5 Å². The van der Waals surface area contributed by atoms with Crippen LogP contribution in [0.5, 0.6) is 0 Å². The van der Waals surface area contributed by atoms with Gasteiger partial charge in [-0.3, -0.25) is 14.5 Å². The van der Waals surface area contributed by atoms with Crippen LogP contribution in [0, 0.1) is 5.92 Å².